The maximum atomic E-state index is 12.4. The van der Waals surface area contributed by atoms with Crippen molar-refractivity contribution < 1.29 is 32.6 Å². The minimum absolute atomic E-state index is 0.183. The summed E-state index contributed by atoms with van der Waals surface area (Å²) in [7, 11) is 0. The number of carbonyl (C=O) groups excluding carboxylic acids is 1. The lowest BCUT2D eigenvalue weighted by Crippen LogP contribution is -2.51. The summed E-state index contributed by atoms with van der Waals surface area (Å²) in [5, 5.41) is 7.12. The third-order valence-electron chi connectivity index (χ3n) is 6.75. The predicted molar refractivity (Wildman–Crippen MR) is 117 cm³/mol. The first-order valence-electron chi connectivity index (χ1n) is 11.7. The Morgan fingerprint density at radius 2 is 1.64 bits per heavy atom. The number of carboxylic acids is 1. The molecule has 2 aliphatic heterocycles. The molecule has 0 bridgehead atoms. The first-order chi connectivity index (χ1) is 15.7. The van der Waals surface area contributed by atoms with E-state index in [1.54, 1.807) is 0 Å². The highest BCUT2D eigenvalue weighted by atomic mass is 19.4. The van der Waals surface area contributed by atoms with Crippen molar-refractivity contribution in [3.63, 3.8) is 0 Å². The second-order valence-electron chi connectivity index (χ2n) is 9.06. The standard InChI is InChI=1S/C22H32N2O2.C2HF3O2/c25-22(23-12-4-5-13-23)17-26-21-11-14-24(20-9-6-10-20)16-19(21)15-18-7-2-1-3-8-18;3-2(4,5)1(6)7/h1-3,7-8,19-21H,4-6,9-17H2;(H,6,7)/t19-,21+;/m0./s1. The zero-order chi connectivity index (χ0) is 23.8. The summed E-state index contributed by atoms with van der Waals surface area (Å²) in [6.45, 7) is 4.32. The van der Waals surface area contributed by atoms with Gasteiger partial charge < -0.3 is 14.7 Å². The highest BCUT2D eigenvalue weighted by molar-refractivity contribution is 5.77. The van der Waals surface area contributed by atoms with Crippen molar-refractivity contribution in [2.24, 2.45) is 5.92 Å². The zero-order valence-electron chi connectivity index (χ0n) is 18.8. The van der Waals surface area contributed by atoms with Crippen LogP contribution in [0.2, 0.25) is 0 Å². The fraction of sp³-hybridized carbons (Fsp3) is 0.667. The van der Waals surface area contributed by atoms with E-state index in [1.165, 1.54) is 24.8 Å². The van der Waals surface area contributed by atoms with Crippen molar-refractivity contribution in [1.82, 2.24) is 9.80 Å². The van der Waals surface area contributed by atoms with Gasteiger partial charge in [0.2, 0.25) is 5.91 Å². The number of aliphatic carboxylic acids is 1. The summed E-state index contributed by atoms with van der Waals surface area (Å²) in [5.41, 5.74) is 1.38. The number of carboxylic acid groups (broad SMARTS) is 1. The molecule has 184 valence electrons. The van der Waals surface area contributed by atoms with Crippen LogP contribution in [0.15, 0.2) is 30.3 Å². The number of hydrogen-bond donors (Lipinski definition) is 1. The lowest BCUT2D eigenvalue weighted by Gasteiger charge is -2.45. The van der Waals surface area contributed by atoms with Crippen LogP contribution in [0.3, 0.4) is 0 Å². The van der Waals surface area contributed by atoms with Crippen LogP contribution in [0.1, 0.15) is 44.1 Å². The molecule has 2 heterocycles. The Morgan fingerprint density at radius 1 is 1.00 bits per heavy atom. The van der Waals surface area contributed by atoms with E-state index >= 15 is 0 Å². The largest absolute Gasteiger partial charge is 0.490 e. The van der Waals surface area contributed by atoms with E-state index in [0.29, 0.717) is 5.92 Å². The Bertz CT molecular complexity index is 765. The number of piperidine rings is 1. The van der Waals surface area contributed by atoms with Crippen molar-refractivity contribution in [2.45, 2.75) is 63.3 Å². The van der Waals surface area contributed by atoms with Crippen LogP contribution in [0, 0.1) is 5.92 Å². The molecule has 3 aliphatic rings. The molecule has 1 amide bonds. The molecule has 2 atom stereocenters. The first kappa shape index (κ1) is 25.5. The van der Waals surface area contributed by atoms with Crippen molar-refractivity contribution in [2.75, 3.05) is 32.8 Å². The minimum atomic E-state index is -5.08. The van der Waals surface area contributed by atoms with Crippen molar-refractivity contribution in [3.05, 3.63) is 35.9 Å². The second kappa shape index (κ2) is 11.8. The van der Waals surface area contributed by atoms with Gasteiger partial charge in [-0.05, 0) is 44.1 Å². The third kappa shape index (κ3) is 7.71. The number of rotatable bonds is 6. The molecule has 33 heavy (non-hydrogen) atoms. The molecule has 0 spiro atoms. The van der Waals surface area contributed by atoms with Gasteiger partial charge in [-0.15, -0.1) is 0 Å². The number of nitrogens with zero attached hydrogens (tertiary/aromatic N) is 2. The maximum Gasteiger partial charge on any atom is 0.490 e. The van der Waals surface area contributed by atoms with Crippen molar-refractivity contribution >= 4 is 11.9 Å². The summed E-state index contributed by atoms with van der Waals surface area (Å²) in [6, 6.07) is 11.5. The molecule has 2 saturated heterocycles. The Balaban J connectivity index is 0.000000383. The van der Waals surface area contributed by atoms with Gasteiger partial charge >= 0.3 is 12.1 Å². The third-order valence-corrected chi connectivity index (χ3v) is 6.75. The molecule has 9 heteroatoms. The van der Waals surface area contributed by atoms with Crippen LogP contribution in [-0.2, 0) is 20.7 Å². The lowest BCUT2D eigenvalue weighted by atomic mass is 9.84. The van der Waals surface area contributed by atoms with E-state index in [4.69, 9.17) is 14.6 Å². The van der Waals surface area contributed by atoms with Gasteiger partial charge in [-0.1, -0.05) is 36.8 Å². The summed E-state index contributed by atoms with van der Waals surface area (Å²) in [6.07, 6.45) is 3.61. The van der Waals surface area contributed by atoms with Crippen LogP contribution in [0.5, 0.6) is 0 Å². The Labute approximate surface area is 192 Å². The van der Waals surface area contributed by atoms with Gasteiger partial charge in [0.05, 0.1) is 6.10 Å². The van der Waals surface area contributed by atoms with Crippen LogP contribution in [0.4, 0.5) is 13.2 Å². The van der Waals surface area contributed by atoms with Gasteiger partial charge in [0.15, 0.2) is 0 Å². The highest BCUT2D eigenvalue weighted by Gasteiger charge is 2.38. The number of benzene rings is 1. The molecule has 3 fully saturated rings. The number of ether oxygens (including phenoxy) is 1. The fourth-order valence-electron chi connectivity index (χ4n) is 4.69. The van der Waals surface area contributed by atoms with E-state index < -0.39 is 12.1 Å². The summed E-state index contributed by atoms with van der Waals surface area (Å²) in [4.78, 5) is 25.9. The van der Waals surface area contributed by atoms with E-state index in [1.807, 2.05) is 4.90 Å². The van der Waals surface area contributed by atoms with E-state index in [0.717, 1.165) is 57.9 Å². The predicted octanol–water partition coefficient (Wildman–Crippen LogP) is 3.74. The second-order valence-corrected chi connectivity index (χ2v) is 9.06. The average molecular weight is 471 g/mol. The van der Waals surface area contributed by atoms with Gasteiger partial charge in [0.1, 0.15) is 6.61 Å². The molecule has 1 saturated carbocycles. The van der Waals surface area contributed by atoms with Crippen LogP contribution < -0.4 is 0 Å². The number of likely N-dealkylation sites (tertiary alicyclic amines) is 2. The van der Waals surface area contributed by atoms with Gasteiger partial charge in [-0.2, -0.15) is 13.2 Å². The quantitative estimate of drug-likeness (QED) is 0.686. The molecule has 0 radical (unpaired) electrons. The number of carbonyl (C=O) groups is 2. The summed E-state index contributed by atoms with van der Waals surface area (Å²) >= 11 is 0. The van der Waals surface area contributed by atoms with E-state index in [-0.39, 0.29) is 18.6 Å². The molecule has 1 aromatic carbocycles. The topological polar surface area (TPSA) is 70.1 Å². The fourth-order valence-corrected chi connectivity index (χ4v) is 4.69. The van der Waals surface area contributed by atoms with E-state index in [9.17, 15) is 18.0 Å². The van der Waals surface area contributed by atoms with Crippen LogP contribution in [0.25, 0.3) is 0 Å². The Hall–Kier alpha value is -2.13. The van der Waals surface area contributed by atoms with Gasteiger partial charge in [-0.25, -0.2) is 4.79 Å². The van der Waals surface area contributed by atoms with Crippen molar-refractivity contribution in [3.8, 4) is 0 Å². The van der Waals surface area contributed by atoms with Gasteiger partial charge in [0.25, 0.3) is 0 Å². The minimum Gasteiger partial charge on any atom is -0.475 e. The molecule has 0 aromatic heterocycles. The van der Waals surface area contributed by atoms with Gasteiger partial charge in [-0.3, -0.25) is 9.69 Å². The smallest absolute Gasteiger partial charge is 0.475 e. The molecule has 1 aliphatic carbocycles. The van der Waals surface area contributed by atoms with E-state index in [2.05, 4.69) is 35.2 Å². The SMILES string of the molecule is O=C(CO[C@@H]1CCN(C2CCC2)C[C@@H]1Cc1ccccc1)N1CCCC1.O=C(O)C(F)(F)F. The van der Waals surface area contributed by atoms with Crippen LogP contribution in [-0.4, -0.2) is 77.9 Å². The maximum absolute atomic E-state index is 12.4. The van der Waals surface area contributed by atoms with Crippen molar-refractivity contribution in [1.29, 1.82) is 0 Å². The highest BCUT2D eigenvalue weighted by Crippen LogP contribution is 2.31. The molecule has 6 nitrogen and oxygen atoms in total. The number of amides is 1. The summed E-state index contributed by atoms with van der Waals surface area (Å²) in [5.74, 6) is -2.09. The molecule has 1 aromatic rings. The molecular formula is C24H33F3N2O4. The monoisotopic (exact) mass is 470 g/mol. The number of hydrogen-bond acceptors (Lipinski definition) is 4. The Morgan fingerprint density at radius 3 is 2.18 bits per heavy atom. The molecular weight excluding hydrogens is 437 g/mol. The molecule has 4 rings (SSSR count). The zero-order valence-corrected chi connectivity index (χ0v) is 18.8. The molecule has 1 N–H and O–H groups in total. The lowest BCUT2D eigenvalue weighted by molar-refractivity contribution is -0.192. The normalized spacial score (nSPS) is 24.0. The average Bonchev–Trinajstić information content (AvgIpc) is 3.27. The molecule has 0 unspecified atom stereocenters. The summed E-state index contributed by atoms with van der Waals surface area (Å²) < 4.78 is 37.9. The first-order valence-corrected chi connectivity index (χ1v) is 11.7. The van der Waals surface area contributed by atoms with Crippen LogP contribution >= 0.6 is 0 Å². The number of halogens is 3. The number of alkyl halides is 3. The Kier molecular flexibility index (Phi) is 9.14. The van der Waals surface area contributed by atoms with Gasteiger partial charge in [0, 0.05) is 38.1 Å².